The molecule has 0 heterocycles. The smallest absolute Gasteiger partial charge is 0.422 e. The second-order valence-electron chi connectivity index (χ2n) is 9.93. The molecule has 0 aliphatic rings. The Bertz CT molecular complexity index is 1540. The van der Waals surface area contributed by atoms with E-state index in [1.807, 2.05) is 0 Å². The molecule has 10 nitrogen and oxygen atoms in total. The predicted molar refractivity (Wildman–Crippen MR) is 162 cm³/mol. The third-order valence-corrected chi connectivity index (χ3v) is 6.18. The van der Waals surface area contributed by atoms with Gasteiger partial charge in [0.2, 0.25) is 0 Å². The van der Waals surface area contributed by atoms with Crippen molar-refractivity contribution >= 4 is 23.9 Å². The summed E-state index contributed by atoms with van der Waals surface area (Å²) in [6.07, 6.45) is -9.53. The average Bonchev–Trinajstić information content (AvgIpc) is 3.07. The maximum Gasteiger partial charge on any atom is 0.422 e. The highest BCUT2D eigenvalue weighted by molar-refractivity contribution is 5.92. The van der Waals surface area contributed by atoms with Crippen molar-refractivity contribution in [2.45, 2.75) is 25.2 Å². The van der Waals surface area contributed by atoms with E-state index in [1.54, 1.807) is 0 Å². The summed E-state index contributed by atoms with van der Waals surface area (Å²) in [6.45, 7) is 4.71. The van der Waals surface area contributed by atoms with E-state index in [9.17, 15) is 45.5 Å². The lowest BCUT2D eigenvalue weighted by atomic mass is 10.2. The zero-order valence-electron chi connectivity index (χ0n) is 25.9. The highest BCUT2D eigenvalue weighted by atomic mass is 19.4. The standard InChI is InChI=1S/C34H28F6O10/c1-21(33(35,36)37)29(41)47-19-3-17-45-25-9-5-23(6-10-25)31(43)49-27-13-15-28(16-14-27)50-32(44)24-7-11-26(12-8-24)46-18-4-20-48-30(42)22(2)34(38,39)40/h5-16H,1-4,17-20H2. The molecule has 3 aromatic carbocycles. The summed E-state index contributed by atoms with van der Waals surface area (Å²) < 4.78 is 105. The maximum atomic E-state index is 12.5. The Hall–Kier alpha value is -5.80. The van der Waals surface area contributed by atoms with Gasteiger partial charge in [0.15, 0.2) is 0 Å². The van der Waals surface area contributed by atoms with Crippen LogP contribution in [0.4, 0.5) is 26.3 Å². The molecule has 0 atom stereocenters. The third-order valence-electron chi connectivity index (χ3n) is 6.18. The highest BCUT2D eigenvalue weighted by Gasteiger charge is 2.38. The fourth-order valence-electron chi connectivity index (χ4n) is 3.52. The molecule has 3 aromatic rings. The van der Waals surface area contributed by atoms with Gasteiger partial charge in [-0.1, -0.05) is 13.2 Å². The first-order valence-corrected chi connectivity index (χ1v) is 14.4. The molecule has 0 aliphatic carbocycles. The minimum atomic E-state index is -4.87. The van der Waals surface area contributed by atoms with Gasteiger partial charge < -0.3 is 28.4 Å². The second-order valence-corrected chi connectivity index (χ2v) is 9.93. The van der Waals surface area contributed by atoms with Crippen molar-refractivity contribution < 1.29 is 73.9 Å². The molecule has 0 unspecified atom stereocenters. The van der Waals surface area contributed by atoms with Crippen LogP contribution in [0.5, 0.6) is 23.0 Å². The summed E-state index contributed by atoms with van der Waals surface area (Å²) in [5, 5.41) is 0. The molecule has 50 heavy (non-hydrogen) atoms. The zero-order chi connectivity index (χ0) is 36.9. The summed E-state index contributed by atoms with van der Waals surface area (Å²) in [5.41, 5.74) is -2.85. The number of rotatable bonds is 16. The van der Waals surface area contributed by atoms with E-state index in [0.717, 1.165) is 0 Å². The molecule has 0 aliphatic heterocycles. The Morgan fingerprint density at radius 3 is 1.08 bits per heavy atom. The summed E-state index contributed by atoms with van der Waals surface area (Å²) in [7, 11) is 0. The zero-order valence-corrected chi connectivity index (χ0v) is 25.9. The maximum absolute atomic E-state index is 12.5. The summed E-state index contributed by atoms with van der Waals surface area (Å²) in [4.78, 5) is 47.6. The number of ether oxygens (including phenoxy) is 6. The lowest BCUT2D eigenvalue weighted by Gasteiger charge is -2.11. The minimum Gasteiger partial charge on any atom is -0.493 e. The van der Waals surface area contributed by atoms with E-state index in [0.29, 0.717) is 11.5 Å². The van der Waals surface area contributed by atoms with Crippen LogP contribution in [-0.4, -0.2) is 62.7 Å². The summed E-state index contributed by atoms with van der Waals surface area (Å²) in [6, 6.07) is 17.2. The van der Waals surface area contributed by atoms with E-state index >= 15 is 0 Å². The van der Waals surface area contributed by atoms with Crippen LogP contribution in [0.25, 0.3) is 0 Å². The highest BCUT2D eigenvalue weighted by Crippen LogP contribution is 2.26. The lowest BCUT2D eigenvalue weighted by Crippen LogP contribution is -2.21. The number of halogens is 6. The fraction of sp³-hybridized carbons (Fsp3) is 0.235. The van der Waals surface area contributed by atoms with Crippen LogP contribution in [0.3, 0.4) is 0 Å². The number of carbonyl (C=O) groups excluding carboxylic acids is 4. The van der Waals surface area contributed by atoms with Gasteiger partial charge in [-0.05, 0) is 72.8 Å². The Morgan fingerprint density at radius 2 is 0.780 bits per heavy atom. The van der Waals surface area contributed by atoms with Gasteiger partial charge in [0.05, 0.1) is 37.6 Å². The second kappa shape index (κ2) is 17.6. The van der Waals surface area contributed by atoms with Gasteiger partial charge in [0, 0.05) is 12.8 Å². The first-order chi connectivity index (χ1) is 23.5. The van der Waals surface area contributed by atoms with E-state index in [1.165, 1.54) is 72.8 Å². The number of benzene rings is 3. The fourth-order valence-corrected chi connectivity index (χ4v) is 3.52. The van der Waals surface area contributed by atoms with Gasteiger partial charge in [0.25, 0.3) is 0 Å². The Balaban J connectivity index is 1.37. The molecule has 0 N–H and O–H groups in total. The average molecular weight is 711 g/mol. The summed E-state index contributed by atoms with van der Waals surface area (Å²) >= 11 is 0. The lowest BCUT2D eigenvalue weighted by molar-refractivity contribution is -0.152. The van der Waals surface area contributed by atoms with Crippen molar-refractivity contribution in [1.29, 1.82) is 0 Å². The van der Waals surface area contributed by atoms with Gasteiger partial charge in [-0.25, -0.2) is 19.2 Å². The molecule has 0 amide bonds. The molecule has 0 spiro atoms. The molecular weight excluding hydrogens is 682 g/mol. The summed E-state index contributed by atoms with van der Waals surface area (Å²) in [5.74, 6) is -3.53. The van der Waals surface area contributed by atoms with Gasteiger partial charge in [-0.15, -0.1) is 0 Å². The van der Waals surface area contributed by atoms with Crippen LogP contribution in [0.1, 0.15) is 33.6 Å². The van der Waals surface area contributed by atoms with Crippen LogP contribution >= 0.6 is 0 Å². The number of carbonyl (C=O) groups is 4. The van der Waals surface area contributed by atoms with E-state index in [-0.39, 0.29) is 61.9 Å². The number of esters is 4. The van der Waals surface area contributed by atoms with Crippen LogP contribution < -0.4 is 18.9 Å². The molecule has 0 bridgehead atoms. The normalized spacial score (nSPS) is 11.2. The molecule has 0 saturated heterocycles. The van der Waals surface area contributed by atoms with Gasteiger partial charge in [-0.3, -0.25) is 0 Å². The van der Waals surface area contributed by atoms with Crippen LogP contribution in [-0.2, 0) is 19.1 Å². The molecule has 0 aromatic heterocycles. The topological polar surface area (TPSA) is 124 Å². The number of hydrogen-bond donors (Lipinski definition) is 0. The number of hydrogen-bond acceptors (Lipinski definition) is 10. The van der Waals surface area contributed by atoms with E-state index in [2.05, 4.69) is 22.6 Å². The largest absolute Gasteiger partial charge is 0.493 e. The van der Waals surface area contributed by atoms with Crippen molar-refractivity contribution in [3.8, 4) is 23.0 Å². The monoisotopic (exact) mass is 710 g/mol. The number of alkyl halides is 6. The minimum absolute atomic E-state index is 0.0200. The van der Waals surface area contributed by atoms with Crippen molar-refractivity contribution in [3.05, 3.63) is 108 Å². The quantitative estimate of drug-likeness (QED) is 0.0506. The Kier molecular flexibility index (Phi) is 13.6. The van der Waals surface area contributed by atoms with Crippen LogP contribution in [0.15, 0.2) is 97.1 Å². The van der Waals surface area contributed by atoms with Crippen LogP contribution in [0, 0.1) is 0 Å². The van der Waals surface area contributed by atoms with Gasteiger partial charge >= 0.3 is 36.2 Å². The van der Waals surface area contributed by atoms with E-state index in [4.69, 9.17) is 18.9 Å². The van der Waals surface area contributed by atoms with Crippen molar-refractivity contribution in [2.75, 3.05) is 26.4 Å². The molecular formula is C34H28F6O10. The molecule has 0 radical (unpaired) electrons. The molecule has 266 valence electrons. The van der Waals surface area contributed by atoms with Crippen LogP contribution in [0.2, 0.25) is 0 Å². The first-order valence-electron chi connectivity index (χ1n) is 14.4. The van der Waals surface area contributed by atoms with Gasteiger partial charge in [0.1, 0.15) is 34.1 Å². The molecule has 0 fully saturated rings. The van der Waals surface area contributed by atoms with E-state index < -0.39 is 47.4 Å². The van der Waals surface area contributed by atoms with Crippen molar-refractivity contribution in [2.24, 2.45) is 0 Å². The predicted octanol–water partition coefficient (Wildman–Crippen LogP) is 6.99. The third kappa shape index (κ3) is 12.3. The Labute approximate surface area is 280 Å². The van der Waals surface area contributed by atoms with Crippen molar-refractivity contribution in [1.82, 2.24) is 0 Å². The van der Waals surface area contributed by atoms with Crippen molar-refractivity contribution in [3.63, 3.8) is 0 Å². The molecule has 3 rings (SSSR count). The van der Waals surface area contributed by atoms with Gasteiger partial charge in [-0.2, -0.15) is 26.3 Å². The first kappa shape index (κ1) is 38.6. The Morgan fingerprint density at radius 1 is 0.480 bits per heavy atom. The molecule has 0 saturated carbocycles. The SMILES string of the molecule is C=C(C(=O)OCCCOc1ccc(C(=O)Oc2ccc(OC(=O)c3ccc(OCCCOC(=O)C(=C)C(F)(F)F)cc3)cc2)cc1)C(F)(F)F. The molecule has 16 heteroatoms.